The largest absolute Gasteiger partial charge is 0.480 e. The van der Waals surface area contributed by atoms with Crippen LogP contribution in [0.4, 0.5) is 20.7 Å². The molecule has 0 saturated carbocycles. The van der Waals surface area contributed by atoms with Crippen LogP contribution in [0.2, 0.25) is 0 Å². The Kier molecular flexibility index (Phi) is 4.06. The Labute approximate surface area is 122 Å². The maximum atomic E-state index is 13.3. The van der Waals surface area contributed by atoms with Crippen molar-refractivity contribution < 1.29 is 29.1 Å². The fourth-order valence-electron chi connectivity index (χ4n) is 2.19. The van der Waals surface area contributed by atoms with E-state index >= 15 is 0 Å². The van der Waals surface area contributed by atoms with Crippen molar-refractivity contribution in [3.05, 3.63) is 28.2 Å². The second-order valence-electron chi connectivity index (χ2n) is 4.51. The van der Waals surface area contributed by atoms with Crippen LogP contribution in [0.3, 0.4) is 0 Å². The fraction of sp³-hybridized carbons (Fsp3) is 0.364. The predicted octanol–water partition coefficient (Wildman–Crippen LogP) is 0.382. The Hall–Kier alpha value is -2.98. The lowest BCUT2D eigenvalue weighted by Gasteiger charge is -2.38. The highest BCUT2D eigenvalue weighted by molar-refractivity contribution is 5.81. The molecule has 11 heteroatoms. The van der Waals surface area contributed by atoms with Crippen LogP contribution < -0.4 is 4.90 Å². The van der Waals surface area contributed by atoms with Gasteiger partial charge in [0, 0.05) is 25.2 Å². The van der Waals surface area contributed by atoms with Gasteiger partial charge in [0.25, 0.3) is 0 Å². The Morgan fingerprint density at radius 2 is 2.05 bits per heavy atom. The van der Waals surface area contributed by atoms with Crippen LogP contribution in [0.25, 0.3) is 0 Å². The molecule has 0 aromatic carbocycles. The maximum absolute atomic E-state index is 13.3. The number of amides is 1. The van der Waals surface area contributed by atoms with Crippen molar-refractivity contribution in [2.24, 2.45) is 0 Å². The molecule has 1 atom stereocenters. The van der Waals surface area contributed by atoms with Crippen LogP contribution in [0.15, 0.2) is 12.1 Å². The molecular weight excluding hydrogens is 303 g/mol. The number of halogens is 1. The van der Waals surface area contributed by atoms with E-state index in [9.17, 15) is 29.2 Å². The van der Waals surface area contributed by atoms with E-state index in [4.69, 9.17) is 5.11 Å². The van der Waals surface area contributed by atoms with Gasteiger partial charge in [0.15, 0.2) is 0 Å². The molecule has 1 aromatic heterocycles. The second-order valence-corrected chi connectivity index (χ2v) is 4.51. The molecule has 2 rings (SSSR count). The lowest BCUT2D eigenvalue weighted by Crippen LogP contribution is -2.58. The number of rotatable bonds is 3. The first-order valence-corrected chi connectivity index (χ1v) is 6.09. The molecule has 2 N–H and O–H groups in total. The van der Waals surface area contributed by atoms with Gasteiger partial charge in [0.05, 0.1) is 11.5 Å². The summed E-state index contributed by atoms with van der Waals surface area (Å²) in [6.07, 6.45) is -1.30. The predicted molar refractivity (Wildman–Crippen MR) is 69.2 cm³/mol. The highest BCUT2D eigenvalue weighted by atomic mass is 19.1. The summed E-state index contributed by atoms with van der Waals surface area (Å²) >= 11 is 0. The van der Waals surface area contributed by atoms with Crippen LogP contribution in [-0.4, -0.2) is 62.8 Å². The zero-order valence-corrected chi connectivity index (χ0v) is 11.0. The second kappa shape index (κ2) is 5.79. The number of hydrogen-bond donors (Lipinski definition) is 2. The third-order valence-electron chi connectivity index (χ3n) is 3.23. The number of piperazine rings is 1. The quantitative estimate of drug-likeness (QED) is 0.464. The molecule has 1 aliphatic heterocycles. The Bertz CT molecular complexity index is 639. The van der Waals surface area contributed by atoms with Crippen LogP contribution in [-0.2, 0) is 4.79 Å². The van der Waals surface area contributed by atoms with Gasteiger partial charge in [-0.2, -0.15) is 9.37 Å². The molecule has 22 heavy (non-hydrogen) atoms. The number of carboxylic acids is 1. The van der Waals surface area contributed by atoms with Crippen molar-refractivity contribution in [3.63, 3.8) is 0 Å². The van der Waals surface area contributed by atoms with Crippen LogP contribution in [0.1, 0.15) is 0 Å². The molecule has 1 aliphatic rings. The zero-order valence-electron chi connectivity index (χ0n) is 11.0. The van der Waals surface area contributed by atoms with Crippen molar-refractivity contribution in [2.75, 3.05) is 24.5 Å². The van der Waals surface area contributed by atoms with Crippen molar-refractivity contribution in [1.82, 2.24) is 9.88 Å². The molecule has 10 nitrogen and oxygen atoms in total. The first kappa shape index (κ1) is 15.4. The summed E-state index contributed by atoms with van der Waals surface area (Å²) in [7, 11) is 0. The summed E-state index contributed by atoms with van der Waals surface area (Å²) in [5.74, 6) is -2.81. The first-order valence-electron chi connectivity index (χ1n) is 6.09. The Morgan fingerprint density at radius 1 is 1.36 bits per heavy atom. The summed E-state index contributed by atoms with van der Waals surface area (Å²) in [4.78, 5) is 37.7. The summed E-state index contributed by atoms with van der Waals surface area (Å²) in [6, 6.07) is 0.295. The summed E-state index contributed by atoms with van der Waals surface area (Å²) in [5.41, 5.74) is -0.545. The monoisotopic (exact) mass is 314 g/mol. The van der Waals surface area contributed by atoms with Crippen molar-refractivity contribution in [3.8, 4) is 0 Å². The van der Waals surface area contributed by atoms with Crippen LogP contribution in [0, 0.1) is 16.1 Å². The number of aliphatic carboxylic acids is 1. The zero-order chi connectivity index (χ0) is 16.4. The molecular formula is C11H11FN4O6. The topological polar surface area (TPSA) is 137 Å². The number of pyridine rings is 1. The Morgan fingerprint density at radius 3 is 2.59 bits per heavy atom. The fourth-order valence-corrected chi connectivity index (χ4v) is 2.19. The third kappa shape index (κ3) is 2.87. The SMILES string of the molecule is O=C(O)[C@@H]1CN(C(=O)O)CCN1c1nc(F)ccc1[N+](=O)[O-]. The van der Waals surface area contributed by atoms with Gasteiger partial charge in [-0.1, -0.05) is 0 Å². The molecule has 2 heterocycles. The van der Waals surface area contributed by atoms with Crippen molar-refractivity contribution in [1.29, 1.82) is 0 Å². The number of carbonyl (C=O) groups is 2. The van der Waals surface area contributed by atoms with Crippen molar-refractivity contribution in [2.45, 2.75) is 6.04 Å². The van der Waals surface area contributed by atoms with Gasteiger partial charge in [0.1, 0.15) is 6.04 Å². The summed E-state index contributed by atoms with van der Waals surface area (Å²) in [6.45, 7) is -0.630. The van der Waals surface area contributed by atoms with E-state index < -0.39 is 47.0 Å². The minimum atomic E-state index is -1.39. The van der Waals surface area contributed by atoms with E-state index in [-0.39, 0.29) is 13.1 Å². The van der Waals surface area contributed by atoms with E-state index in [1.54, 1.807) is 0 Å². The number of nitro groups is 1. The van der Waals surface area contributed by atoms with E-state index in [1.807, 2.05) is 0 Å². The van der Waals surface area contributed by atoms with E-state index in [0.717, 1.165) is 21.9 Å². The normalized spacial score (nSPS) is 18.1. The summed E-state index contributed by atoms with van der Waals surface area (Å²) in [5, 5.41) is 29.1. The van der Waals surface area contributed by atoms with Gasteiger partial charge in [-0.15, -0.1) is 0 Å². The minimum absolute atomic E-state index is 0.0749. The maximum Gasteiger partial charge on any atom is 0.407 e. The highest BCUT2D eigenvalue weighted by Crippen LogP contribution is 2.29. The number of aromatic nitrogens is 1. The third-order valence-corrected chi connectivity index (χ3v) is 3.23. The number of nitrogens with zero attached hydrogens (tertiary/aromatic N) is 4. The molecule has 0 spiro atoms. The summed E-state index contributed by atoms with van der Waals surface area (Å²) < 4.78 is 13.3. The standard InChI is InChI=1S/C11H11FN4O6/c12-8-2-1-6(16(21)22)9(13-8)15-4-3-14(11(19)20)5-7(15)10(17)18/h1-2,7H,3-5H2,(H,17,18)(H,19,20)/t7-/m0/s1. The number of hydrogen-bond acceptors (Lipinski definition) is 6. The van der Waals surface area contributed by atoms with E-state index in [2.05, 4.69) is 4.98 Å². The van der Waals surface area contributed by atoms with E-state index in [1.165, 1.54) is 0 Å². The molecule has 0 radical (unpaired) electrons. The molecule has 1 aromatic rings. The lowest BCUT2D eigenvalue weighted by molar-refractivity contribution is -0.384. The van der Waals surface area contributed by atoms with Gasteiger partial charge in [-0.25, -0.2) is 9.59 Å². The van der Waals surface area contributed by atoms with Crippen LogP contribution >= 0.6 is 0 Å². The average molecular weight is 314 g/mol. The first-order chi connectivity index (χ1) is 10.3. The van der Waals surface area contributed by atoms with Gasteiger partial charge >= 0.3 is 17.7 Å². The van der Waals surface area contributed by atoms with Crippen molar-refractivity contribution >= 4 is 23.6 Å². The number of anilines is 1. The molecule has 118 valence electrons. The highest BCUT2D eigenvalue weighted by Gasteiger charge is 2.38. The van der Waals surface area contributed by atoms with Gasteiger partial charge < -0.3 is 20.0 Å². The number of carboxylic acid groups (broad SMARTS) is 2. The molecule has 1 amide bonds. The van der Waals surface area contributed by atoms with Gasteiger partial charge in [0.2, 0.25) is 11.8 Å². The lowest BCUT2D eigenvalue weighted by atomic mass is 10.1. The molecule has 0 unspecified atom stereocenters. The van der Waals surface area contributed by atoms with Crippen LogP contribution in [0.5, 0.6) is 0 Å². The molecule has 1 saturated heterocycles. The molecule has 1 fully saturated rings. The molecule has 0 aliphatic carbocycles. The molecule has 0 bridgehead atoms. The van der Waals surface area contributed by atoms with Gasteiger partial charge in [-0.05, 0) is 0 Å². The van der Waals surface area contributed by atoms with E-state index in [0.29, 0.717) is 0 Å². The minimum Gasteiger partial charge on any atom is -0.480 e. The average Bonchev–Trinajstić information content (AvgIpc) is 2.45. The van der Waals surface area contributed by atoms with Gasteiger partial charge in [-0.3, -0.25) is 10.1 Å². The Balaban J connectivity index is 2.42. The smallest absolute Gasteiger partial charge is 0.407 e.